The number of rotatable bonds is 3. The highest BCUT2D eigenvalue weighted by atomic mass is 79.9. The molecular weight excluding hydrogens is 300 g/mol. The summed E-state index contributed by atoms with van der Waals surface area (Å²) in [5, 5.41) is 10.9. The number of hydrogen-bond donors (Lipinski definition) is 0. The maximum Gasteiger partial charge on any atom is 0.312 e. The molecule has 0 aromatic heterocycles. The molecule has 1 aromatic carbocycles. The largest absolute Gasteiger partial charge is 0.490 e. The van der Waals surface area contributed by atoms with Crippen LogP contribution in [-0.2, 0) is 0 Å². The second kappa shape index (κ2) is 5.56. The van der Waals surface area contributed by atoms with Crippen molar-refractivity contribution < 1.29 is 9.66 Å². The number of anilines is 1. The average Bonchev–Trinajstić information content (AvgIpc) is 2.39. The van der Waals surface area contributed by atoms with E-state index in [0.29, 0.717) is 5.75 Å². The molecule has 1 saturated heterocycles. The Morgan fingerprint density at radius 3 is 2.56 bits per heavy atom. The van der Waals surface area contributed by atoms with Gasteiger partial charge in [0.05, 0.1) is 17.7 Å². The number of hydrogen-bond acceptors (Lipinski definition) is 4. The van der Waals surface area contributed by atoms with Crippen LogP contribution in [0.3, 0.4) is 0 Å². The van der Waals surface area contributed by atoms with Crippen LogP contribution in [0.25, 0.3) is 0 Å². The normalized spacial score (nSPS) is 15.6. The van der Waals surface area contributed by atoms with Crippen LogP contribution in [0.1, 0.15) is 19.3 Å². The van der Waals surface area contributed by atoms with Gasteiger partial charge in [-0.25, -0.2) is 0 Å². The second-order valence-electron chi connectivity index (χ2n) is 4.28. The Labute approximate surface area is 114 Å². The lowest BCUT2D eigenvalue weighted by Crippen LogP contribution is -2.29. The molecule has 1 aromatic rings. The zero-order valence-corrected chi connectivity index (χ0v) is 11.8. The van der Waals surface area contributed by atoms with E-state index in [1.807, 2.05) is 0 Å². The van der Waals surface area contributed by atoms with Crippen LogP contribution in [0.4, 0.5) is 11.4 Å². The van der Waals surface area contributed by atoms with E-state index in [1.165, 1.54) is 19.6 Å². The first-order chi connectivity index (χ1) is 8.63. The molecule has 1 heterocycles. The van der Waals surface area contributed by atoms with Gasteiger partial charge in [0.25, 0.3) is 0 Å². The van der Waals surface area contributed by atoms with Gasteiger partial charge in [-0.05, 0) is 35.2 Å². The van der Waals surface area contributed by atoms with E-state index >= 15 is 0 Å². The summed E-state index contributed by atoms with van der Waals surface area (Å²) in [4.78, 5) is 12.7. The maximum absolute atomic E-state index is 10.9. The van der Waals surface area contributed by atoms with Crippen molar-refractivity contribution in [2.24, 2.45) is 0 Å². The Hall–Kier alpha value is -1.30. The number of nitro groups is 1. The van der Waals surface area contributed by atoms with E-state index in [1.54, 1.807) is 6.07 Å². The number of nitrogens with zero attached hydrogens (tertiary/aromatic N) is 2. The lowest BCUT2D eigenvalue weighted by atomic mass is 10.1. The van der Waals surface area contributed by atoms with Gasteiger partial charge in [-0.3, -0.25) is 10.1 Å². The topological polar surface area (TPSA) is 55.6 Å². The van der Waals surface area contributed by atoms with Gasteiger partial charge in [0.15, 0.2) is 5.75 Å². The van der Waals surface area contributed by atoms with Crippen molar-refractivity contribution in [3.63, 3.8) is 0 Å². The zero-order valence-electron chi connectivity index (χ0n) is 10.2. The molecule has 0 bridgehead atoms. The third-order valence-electron chi connectivity index (χ3n) is 3.14. The molecule has 0 aliphatic carbocycles. The summed E-state index contributed by atoms with van der Waals surface area (Å²) in [6.07, 6.45) is 3.57. The summed E-state index contributed by atoms with van der Waals surface area (Å²) in [6, 6.07) is 3.26. The van der Waals surface area contributed by atoms with Gasteiger partial charge in [0.2, 0.25) is 0 Å². The number of nitro benzene ring substituents is 1. The number of benzene rings is 1. The minimum atomic E-state index is -0.427. The fourth-order valence-electron chi connectivity index (χ4n) is 2.22. The van der Waals surface area contributed by atoms with Crippen LogP contribution >= 0.6 is 15.9 Å². The SMILES string of the molecule is COc1cc(N2CCCCC2)c(Br)cc1[N+](=O)[O-]. The van der Waals surface area contributed by atoms with E-state index in [-0.39, 0.29) is 5.69 Å². The molecule has 18 heavy (non-hydrogen) atoms. The van der Waals surface area contributed by atoms with E-state index in [4.69, 9.17) is 4.74 Å². The van der Waals surface area contributed by atoms with Gasteiger partial charge >= 0.3 is 5.69 Å². The highest BCUT2D eigenvalue weighted by Crippen LogP contribution is 2.38. The molecule has 98 valence electrons. The monoisotopic (exact) mass is 314 g/mol. The first kappa shape index (κ1) is 13.1. The molecule has 0 unspecified atom stereocenters. The predicted molar refractivity (Wildman–Crippen MR) is 73.4 cm³/mol. The number of ether oxygens (including phenoxy) is 1. The summed E-state index contributed by atoms with van der Waals surface area (Å²) in [7, 11) is 1.45. The Balaban J connectivity index is 2.39. The molecule has 0 N–H and O–H groups in total. The van der Waals surface area contributed by atoms with Gasteiger partial charge in [-0.1, -0.05) is 0 Å². The molecule has 1 aliphatic rings. The first-order valence-corrected chi connectivity index (χ1v) is 6.69. The van der Waals surface area contributed by atoms with Crippen molar-refractivity contribution in [3.05, 3.63) is 26.7 Å². The number of methoxy groups -OCH3 is 1. The molecule has 5 nitrogen and oxygen atoms in total. The zero-order chi connectivity index (χ0) is 13.1. The summed E-state index contributed by atoms with van der Waals surface area (Å²) in [5.41, 5.74) is 0.960. The van der Waals surface area contributed by atoms with Gasteiger partial charge in [-0.2, -0.15) is 0 Å². The van der Waals surface area contributed by atoms with Crippen molar-refractivity contribution >= 4 is 27.3 Å². The van der Waals surface area contributed by atoms with E-state index in [2.05, 4.69) is 20.8 Å². The lowest BCUT2D eigenvalue weighted by molar-refractivity contribution is -0.385. The van der Waals surface area contributed by atoms with Crippen LogP contribution < -0.4 is 9.64 Å². The smallest absolute Gasteiger partial charge is 0.312 e. The quantitative estimate of drug-likeness (QED) is 0.634. The predicted octanol–water partition coefficient (Wildman–Crippen LogP) is 3.36. The third-order valence-corrected chi connectivity index (χ3v) is 3.78. The summed E-state index contributed by atoms with van der Waals surface area (Å²) in [5.74, 6) is 0.309. The summed E-state index contributed by atoms with van der Waals surface area (Å²) >= 11 is 3.41. The first-order valence-electron chi connectivity index (χ1n) is 5.90. The molecule has 0 amide bonds. The molecule has 1 fully saturated rings. The maximum atomic E-state index is 10.9. The molecule has 1 aliphatic heterocycles. The van der Waals surface area contributed by atoms with Crippen LogP contribution in [0.5, 0.6) is 5.75 Å². The molecule has 0 atom stereocenters. The minimum absolute atomic E-state index is 0.00913. The molecule has 0 saturated carbocycles. The van der Waals surface area contributed by atoms with E-state index in [0.717, 1.165) is 36.1 Å². The van der Waals surface area contributed by atoms with Crippen LogP contribution in [0.15, 0.2) is 16.6 Å². The summed E-state index contributed by atoms with van der Waals surface area (Å²) in [6.45, 7) is 1.97. The van der Waals surface area contributed by atoms with Crippen molar-refractivity contribution in [2.45, 2.75) is 19.3 Å². The van der Waals surface area contributed by atoms with Crippen molar-refractivity contribution in [1.29, 1.82) is 0 Å². The van der Waals surface area contributed by atoms with E-state index < -0.39 is 4.92 Å². The standard InChI is InChI=1S/C12H15BrN2O3/c1-18-12-8-10(14-5-3-2-4-6-14)9(13)7-11(12)15(16)17/h7-8H,2-6H2,1H3. The molecule has 0 radical (unpaired) electrons. The highest BCUT2D eigenvalue weighted by molar-refractivity contribution is 9.10. The van der Waals surface area contributed by atoms with Crippen molar-refractivity contribution in [2.75, 3.05) is 25.1 Å². The molecule has 0 spiro atoms. The van der Waals surface area contributed by atoms with Crippen LogP contribution in [-0.4, -0.2) is 25.1 Å². The average molecular weight is 315 g/mol. The summed E-state index contributed by atoms with van der Waals surface area (Å²) < 4.78 is 5.85. The minimum Gasteiger partial charge on any atom is -0.490 e. The Bertz CT molecular complexity index is 459. The molecule has 2 rings (SSSR count). The Kier molecular flexibility index (Phi) is 4.06. The number of piperidine rings is 1. The fourth-order valence-corrected chi connectivity index (χ4v) is 2.80. The molecule has 6 heteroatoms. The van der Waals surface area contributed by atoms with Gasteiger partial charge in [-0.15, -0.1) is 0 Å². The lowest BCUT2D eigenvalue weighted by Gasteiger charge is -2.29. The third kappa shape index (κ3) is 2.58. The number of halogens is 1. The van der Waals surface area contributed by atoms with Crippen LogP contribution in [0.2, 0.25) is 0 Å². The Morgan fingerprint density at radius 1 is 1.33 bits per heavy atom. The van der Waals surface area contributed by atoms with Crippen molar-refractivity contribution in [3.8, 4) is 5.75 Å². The highest BCUT2D eigenvalue weighted by Gasteiger charge is 2.21. The van der Waals surface area contributed by atoms with Gasteiger partial charge in [0.1, 0.15) is 0 Å². The fraction of sp³-hybridized carbons (Fsp3) is 0.500. The van der Waals surface area contributed by atoms with Crippen LogP contribution in [0, 0.1) is 10.1 Å². The second-order valence-corrected chi connectivity index (χ2v) is 5.13. The van der Waals surface area contributed by atoms with E-state index in [9.17, 15) is 10.1 Å². The van der Waals surface area contributed by atoms with Crippen molar-refractivity contribution in [1.82, 2.24) is 0 Å². The Morgan fingerprint density at radius 2 is 2.00 bits per heavy atom. The van der Waals surface area contributed by atoms with Gasteiger partial charge in [0, 0.05) is 29.7 Å². The van der Waals surface area contributed by atoms with Gasteiger partial charge < -0.3 is 9.64 Å². The molecular formula is C12H15BrN2O3.